The number of aromatic carboxylic acids is 1. The molecule has 0 aliphatic carbocycles. The summed E-state index contributed by atoms with van der Waals surface area (Å²) in [5.74, 6) is 2.41. The number of hydrogen-bond acceptors (Lipinski definition) is 3. The van der Waals surface area contributed by atoms with E-state index in [-0.39, 0.29) is 17.7 Å². The van der Waals surface area contributed by atoms with Crippen LogP contribution in [0.1, 0.15) is 15.9 Å². The van der Waals surface area contributed by atoms with Crippen molar-refractivity contribution < 1.29 is 23.5 Å². The van der Waals surface area contributed by atoms with E-state index in [0.717, 1.165) is 12.1 Å². The zero-order chi connectivity index (χ0) is 14.7. The molecule has 0 saturated carbocycles. The minimum absolute atomic E-state index is 0.0155. The molecule has 20 heavy (non-hydrogen) atoms. The van der Waals surface area contributed by atoms with Crippen LogP contribution in [-0.4, -0.2) is 11.1 Å². The third kappa shape index (κ3) is 2.81. The highest BCUT2D eigenvalue weighted by Crippen LogP contribution is 2.26. The normalized spacial score (nSPS) is 10.6. The van der Waals surface area contributed by atoms with Gasteiger partial charge in [0.15, 0.2) is 0 Å². The van der Waals surface area contributed by atoms with Gasteiger partial charge in [-0.25, -0.2) is 19.5 Å². The maximum atomic E-state index is 13.7. The summed E-state index contributed by atoms with van der Waals surface area (Å²) in [5.41, 5.74) is 0.907. The second-order valence-corrected chi connectivity index (χ2v) is 4.11. The topological polar surface area (TPSA) is 72.5 Å². The van der Waals surface area contributed by atoms with Crippen molar-refractivity contribution in [1.82, 2.24) is 0 Å². The van der Waals surface area contributed by atoms with Gasteiger partial charge in [-0.15, -0.1) is 0 Å². The summed E-state index contributed by atoms with van der Waals surface area (Å²) in [4.78, 5) is 15.5. The van der Waals surface area contributed by atoms with E-state index >= 15 is 0 Å². The van der Waals surface area contributed by atoms with Gasteiger partial charge in [-0.1, -0.05) is 6.07 Å². The molecule has 0 aromatic heterocycles. The third-order valence-corrected chi connectivity index (χ3v) is 2.82. The van der Waals surface area contributed by atoms with Crippen LogP contribution in [0.2, 0.25) is 0 Å². The second kappa shape index (κ2) is 5.77. The van der Waals surface area contributed by atoms with E-state index < -0.39 is 17.6 Å². The lowest BCUT2D eigenvalue weighted by Gasteiger charge is -2.09. The van der Waals surface area contributed by atoms with Gasteiger partial charge in [-0.05, 0) is 35.4 Å². The molecule has 0 spiro atoms. The Kier molecular flexibility index (Phi) is 4.07. The Balaban J connectivity index is 2.52. The Bertz CT molecular complexity index is 659. The lowest BCUT2D eigenvalue weighted by molar-refractivity contribution is 0.0687. The Morgan fingerprint density at radius 1 is 1.20 bits per heavy atom. The Morgan fingerprint density at radius 2 is 1.95 bits per heavy atom. The van der Waals surface area contributed by atoms with Crippen LogP contribution in [0, 0.1) is 11.6 Å². The van der Waals surface area contributed by atoms with E-state index in [1.165, 1.54) is 24.3 Å². The zero-order valence-electron chi connectivity index (χ0n) is 10.3. The number of halogens is 2. The van der Waals surface area contributed by atoms with Gasteiger partial charge in [-0.3, -0.25) is 4.84 Å². The lowest BCUT2D eigenvalue weighted by atomic mass is 9.99. The summed E-state index contributed by atoms with van der Waals surface area (Å²) in [6, 6.07) is 7.40. The number of carboxylic acid groups (broad SMARTS) is 1. The van der Waals surface area contributed by atoms with Gasteiger partial charge in [0.25, 0.3) is 0 Å². The van der Waals surface area contributed by atoms with Gasteiger partial charge in [0.05, 0.1) is 12.2 Å². The summed E-state index contributed by atoms with van der Waals surface area (Å²) >= 11 is 0. The lowest BCUT2D eigenvalue weighted by Crippen LogP contribution is -2.07. The molecule has 2 rings (SSSR count). The fourth-order valence-electron chi connectivity index (χ4n) is 1.90. The van der Waals surface area contributed by atoms with Gasteiger partial charge in [-0.2, -0.15) is 0 Å². The monoisotopic (exact) mass is 279 g/mol. The first-order chi connectivity index (χ1) is 9.52. The highest BCUT2D eigenvalue weighted by molar-refractivity contribution is 5.90. The molecule has 3 N–H and O–H groups in total. The van der Waals surface area contributed by atoms with Crippen molar-refractivity contribution in [3.05, 3.63) is 59.2 Å². The quantitative estimate of drug-likeness (QED) is 0.844. The molecule has 0 fully saturated rings. The number of carbonyl (C=O) groups is 1. The van der Waals surface area contributed by atoms with Gasteiger partial charge in [0, 0.05) is 11.6 Å². The highest BCUT2D eigenvalue weighted by atomic mass is 19.1. The molecule has 4 nitrogen and oxygen atoms in total. The number of carboxylic acids is 1. The molecule has 0 bridgehead atoms. The van der Waals surface area contributed by atoms with E-state index in [4.69, 9.17) is 11.0 Å². The molecule has 0 heterocycles. The number of hydrogen-bond donors (Lipinski definition) is 2. The van der Waals surface area contributed by atoms with Crippen molar-refractivity contribution in [2.24, 2.45) is 5.90 Å². The molecule has 0 atom stereocenters. The van der Waals surface area contributed by atoms with E-state index in [0.29, 0.717) is 11.1 Å². The Labute approximate surface area is 113 Å². The van der Waals surface area contributed by atoms with Crippen molar-refractivity contribution >= 4 is 5.97 Å². The molecule has 104 valence electrons. The Hall–Kier alpha value is -2.31. The summed E-state index contributed by atoms with van der Waals surface area (Å²) in [6.07, 6.45) is 0. The second-order valence-electron chi connectivity index (χ2n) is 4.11. The fourth-order valence-corrected chi connectivity index (χ4v) is 1.90. The average molecular weight is 279 g/mol. The highest BCUT2D eigenvalue weighted by Gasteiger charge is 2.13. The Morgan fingerprint density at radius 3 is 2.55 bits per heavy atom. The molecule has 0 radical (unpaired) electrons. The maximum absolute atomic E-state index is 13.7. The molecule has 2 aromatic carbocycles. The van der Waals surface area contributed by atoms with Crippen molar-refractivity contribution in [1.29, 1.82) is 0 Å². The minimum Gasteiger partial charge on any atom is -0.478 e. The van der Waals surface area contributed by atoms with Crippen molar-refractivity contribution in [3.8, 4) is 11.1 Å². The smallest absolute Gasteiger partial charge is 0.336 e. The summed E-state index contributed by atoms with van der Waals surface area (Å²) in [7, 11) is 0. The third-order valence-electron chi connectivity index (χ3n) is 2.82. The van der Waals surface area contributed by atoms with Crippen LogP contribution in [0.4, 0.5) is 8.78 Å². The van der Waals surface area contributed by atoms with Crippen LogP contribution in [-0.2, 0) is 11.4 Å². The van der Waals surface area contributed by atoms with Gasteiger partial charge in [0.1, 0.15) is 11.6 Å². The first-order valence-electron chi connectivity index (χ1n) is 5.66. The molecule has 2 aromatic rings. The van der Waals surface area contributed by atoms with E-state index in [1.807, 2.05) is 0 Å². The van der Waals surface area contributed by atoms with Gasteiger partial charge < -0.3 is 5.11 Å². The molecule has 0 aliphatic heterocycles. The molecule has 0 saturated heterocycles. The first-order valence-corrected chi connectivity index (χ1v) is 5.66. The van der Waals surface area contributed by atoms with Crippen LogP contribution < -0.4 is 5.90 Å². The number of rotatable bonds is 4. The van der Waals surface area contributed by atoms with Crippen LogP contribution in [0.3, 0.4) is 0 Å². The minimum atomic E-state index is -1.14. The summed E-state index contributed by atoms with van der Waals surface area (Å²) in [5, 5.41) is 9.02. The van der Waals surface area contributed by atoms with Crippen LogP contribution in [0.25, 0.3) is 11.1 Å². The average Bonchev–Trinajstić information content (AvgIpc) is 2.38. The molecular weight excluding hydrogens is 268 g/mol. The van der Waals surface area contributed by atoms with Crippen LogP contribution in [0.15, 0.2) is 36.4 Å². The standard InChI is InChI=1S/C14H11F2NO3/c15-10-2-4-11(13(16)6-10)8-1-3-12(14(18)19)9(5-8)7-20-17/h1-6H,7,17H2,(H,18,19). The zero-order valence-corrected chi connectivity index (χ0v) is 10.3. The van der Waals surface area contributed by atoms with E-state index in [9.17, 15) is 13.6 Å². The summed E-state index contributed by atoms with van der Waals surface area (Å²) < 4.78 is 26.6. The summed E-state index contributed by atoms with van der Waals surface area (Å²) in [6.45, 7) is -0.127. The predicted octanol–water partition coefficient (Wildman–Crippen LogP) is 2.72. The van der Waals surface area contributed by atoms with E-state index in [2.05, 4.69) is 4.84 Å². The number of benzene rings is 2. The number of nitrogens with two attached hydrogens (primary N) is 1. The van der Waals surface area contributed by atoms with E-state index in [1.54, 1.807) is 0 Å². The molecular formula is C14H11F2NO3. The van der Waals surface area contributed by atoms with Gasteiger partial charge >= 0.3 is 5.97 Å². The first kappa shape index (κ1) is 14.1. The maximum Gasteiger partial charge on any atom is 0.336 e. The van der Waals surface area contributed by atoms with Gasteiger partial charge in [0.2, 0.25) is 0 Å². The fraction of sp³-hybridized carbons (Fsp3) is 0.0714. The molecule has 0 amide bonds. The van der Waals surface area contributed by atoms with Crippen LogP contribution in [0.5, 0.6) is 0 Å². The molecule has 6 heteroatoms. The van der Waals surface area contributed by atoms with Crippen LogP contribution >= 0.6 is 0 Å². The molecule has 0 aliphatic rings. The largest absolute Gasteiger partial charge is 0.478 e. The molecule has 0 unspecified atom stereocenters. The van der Waals surface area contributed by atoms with Crippen molar-refractivity contribution in [2.75, 3.05) is 0 Å². The van der Waals surface area contributed by atoms with Crippen molar-refractivity contribution in [3.63, 3.8) is 0 Å². The SMILES string of the molecule is NOCc1cc(-c2ccc(F)cc2F)ccc1C(=O)O. The van der Waals surface area contributed by atoms with Crippen molar-refractivity contribution in [2.45, 2.75) is 6.61 Å². The predicted molar refractivity (Wildman–Crippen MR) is 67.7 cm³/mol.